The smallest absolute Gasteiger partial charge is 0.355 e. The van der Waals surface area contributed by atoms with Crippen LogP contribution in [0.1, 0.15) is 138 Å². The third kappa shape index (κ3) is 14.6. The van der Waals surface area contributed by atoms with Crippen molar-refractivity contribution >= 4 is 81.9 Å². The number of amides is 7. The van der Waals surface area contributed by atoms with Crippen molar-refractivity contribution in [1.82, 2.24) is 40.6 Å². The van der Waals surface area contributed by atoms with Gasteiger partial charge in [-0.3, -0.25) is 48.1 Å². The predicted octanol–water partition coefficient (Wildman–Crippen LogP) is 2.90. The Labute approximate surface area is 506 Å². The molecule has 5 N–H and O–H groups in total. The van der Waals surface area contributed by atoms with E-state index in [1.807, 2.05) is 6.26 Å². The molecule has 0 bridgehead atoms. The molecule has 472 valence electrons. The number of pyridine rings is 2. The van der Waals surface area contributed by atoms with Crippen LogP contribution in [0.3, 0.4) is 0 Å². The van der Waals surface area contributed by atoms with Crippen molar-refractivity contribution in [3.05, 3.63) is 61.7 Å². The second-order valence-corrected chi connectivity index (χ2v) is 23.7. The van der Waals surface area contributed by atoms with E-state index in [-0.39, 0.29) is 124 Å². The molecule has 25 nitrogen and oxygen atoms in total. The minimum Gasteiger partial charge on any atom is -0.481 e. The SMILES string of the molecule is CC[C@@]1(OC(=O)[C@@H](NC(=O)C2CCCN2C(=O)[C@H](CC(=O)O)NC(=O)CCOCCOCCOCCNC(=O)CCCCCN2C(=O)CC(SC)C2=O)C(C)C)C(=O)OCc2c1cc1n(c2=O)Cc2c-1nc1cc(F)c(C)c3c1c2[C@@H](NC(C)=O)CC3. The molecule has 6 heterocycles. The molecule has 8 rings (SSSR count). The molecule has 27 heteroatoms. The number of aromatic nitrogens is 2. The van der Waals surface area contributed by atoms with Gasteiger partial charge in [0.05, 0.1) is 86.4 Å². The summed E-state index contributed by atoms with van der Waals surface area (Å²) in [6, 6.07) is -1.77. The molecule has 1 aromatic carbocycles. The van der Waals surface area contributed by atoms with Gasteiger partial charge in [-0.05, 0) is 86.8 Å². The van der Waals surface area contributed by atoms with E-state index < -0.39 is 95.7 Å². The van der Waals surface area contributed by atoms with Crippen molar-refractivity contribution in [2.24, 2.45) is 5.92 Å². The number of rotatable bonds is 30. The number of hydrogen-bond donors (Lipinski definition) is 5. The van der Waals surface area contributed by atoms with Crippen molar-refractivity contribution in [2.75, 3.05) is 65.5 Å². The highest BCUT2D eigenvalue weighted by Crippen LogP contribution is 2.47. The summed E-state index contributed by atoms with van der Waals surface area (Å²) in [6.07, 6.45) is 4.49. The maximum absolute atomic E-state index is 15.5. The maximum Gasteiger partial charge on any atom is 0.355 e. The van der Waals surface area contributed by atoms with Gasteiger partial charge >= 0.3 is 17.9 Å². The maximum atomic E-state index is 15.5. The summed E-state index contributed by atoms with van der Waals surface area (Å²) in [5, 5.41) is 21.1. The molecule has 1 aliphatic carbocycles. The number of unbranched alkanes of at least 4 members (excludes halogenated alkanes) is 2. The lowest BCUT2D eigenvalue weighted by atomic mass is 9.81. The predicted molar refractivity (Wildman–Crippen MR) is 311 cm³/mol. The van der Waals surface area contributed by atoms with Crippen LogP contribution in [0.25, 0.3) is 22.3 Å². The van der Waals surface area contributed by atoms with E-state index in [0.717, 1.165) is 16.0 Å². The molecule has 0 radical (unpaired) electrons. The van der Waals surface area contributed by atoms with Crippen molar-refractivity contribution in [3.8, 4) is 11.4 Å². The third-order valence-corrected chi connectivity index (χ3v) is 17.6. The van der Waals surface area contributed by atoms with Crippen molar-refractivity contribution in [2.45, 2.75) is 160 Å². The summed E-state index contributed by atoms with van der Waals surface area (Å²) in [5.41, 5.74) is 0.871. The Hall–Kier alpha value is -7.36. The zero-order chi connectivity index (χ0) is 62.9. The number of thioether (sulfide) groups is 1. The van der Waals surface area contributed by atoms with Crippen LogP contribution in [0.15, 0.2) is 16.9 Å². The van der Waals surface area contributed by atoms with Gasteiger partial charge in [0.2, 0.25) is 47.0 Å². The Balaban J connectivity index is 0.807. The Kier molecular flexibility index (Phi) is 21.9. The Morgan fingerprint density at radius 3 is 2.31 bits per heavy atom. The Morgan fingerprint density at radius 1 is 0.908 bits per heavy atom. The van der Waals surface area contributed by atoms with Crippen LogP contribution in [0.5, 0.6) is 0 Å². The molecule has 3 aromatic rings. The largest absolute Gasteiger partial charge is 0.481 e. The monoisotopic (exact) mass is 1230 g/mol. The summed E-state index contributed by atoms with van der Waals surface area (Å²) in [5.74, 6) is -7.53. The van der Waals surface area contributed by atoms with Crippen LogP contribution in [0.4, 0.5) is 4.39 Å². The number of halogens is 1. The van der Waals surface area contributed by atoms with Crippen LogP contribution in [-0.4, -0.2) is 173 Å². The van der Waals surface area contributed by atoms with E-state index in [2.05, 4.69) is 21.3 Å². The zero-order valence-corrected chi connectivity index (χ0v) is 50.8. The Bertz CT molecular complexity index is 3270. The van der Waals surface area contributed by atoms with Gasteiger partial charge in [0.15, 0.2) is 0 Å². The van der Waals surface area contributed by atoms with E-state index in [0.29, 0.717) is 85.8 Å². The van der Waals surface area contributed by atoms with Crippen molar-refractivity contribution in [1.29, 1.82) is 0 Å². The molecule has 2 fully saturated rings. The number of imide groups is 1. The highest BCUT2D eigenvalue weighted by atomic mass is 32.2. The first-order chi connectivity index (χ1) is 41.6. The number of ether oxygens (including phenoxy) is 5. The molecule has 7 amide bonds. The van der Waals surface area contributed by atoms with Gasteiger partial charge in [0.1, 0.15) is 30.5 Å². The van der Waals surface area contributed by atoms with E-state index in [1.165, 1.54) is 34.2 Å². The summed E-state index contributed by atoms with van der Waals surface area (Å²) < 4.78 is 45.2. The first kappa shape index (κ1) is 65.6. The topological polar surface area (TPSA) is 327 Å². The van der Waals surface area contributed by atoms with E-state index in [4.69, 9.17) is 28.7 Å². The molecular weight excluding hydrogens is 1160 g/mol. The van der Waals surface area contributed by atoms with Crippen LogP contribution in [0.2, 0.25) is 0 Å². The molecule has 2 unspecified atom stereocenters. The van der Waals surface area contributed by atoms with Crippen LogP contribution < -0.4 is 26.8 Å². The summed E-state index contributed by atoms with van der Waals surface area (Å²) in [7, 11) is 0. The average molecular weight is 1230 g/mol. The number of nitrogens with one attached hydrogen (secondary N) is 4. The molecule has 6 atom stereocenters. The normalized spacial score (nSPS) is 20.0. The summed E-state index contributed by atoms with van der Waals surface area (Å²) in [6.45, 7) is 9.14. The number of aliphatic carboxylic acids is 1. The van der Waals surface area contributed by atoms with Crippen LogP contribution in [-0.2, 0) is 96.8 Å². The molecule has 5 aliphatic rings. The highest BCUT2D eigenvalue weighted by Gasteiger charge is 2.52. The van der Waals surface area contributed by atoms with Crippen LogP contribution >= 0.6 is 11.8 Å². The lowest BCUT2D eigenvalue weighted by Gasteiger charge is -2.37. The lowest BCUT2D eigenvalue weighted by Crippen LogP contribution is -2.57. The van der Waals surface area contributed by atoms with E-state index in [9.17, 15) is 57.8 Å². The second-order valence-electron chi connectivity index (χ2n) is 22.7. The fourth-order valence-corrected chi connectivity index (χ4v) is 12.7. The van der Waals surface area contributed by atoms with Crippen molar-refractivity contribution in [3.63, 3.8) is 0 Å². The minimum atomic E-state index is -2.19. The van der Waals surface area contributed by atoms with Gasteiger partial charge < -0.3 is 59.5 Å². The van der Waals surface area contributed by atoms with Crippen molar-refractivity contribution < 1.29 is 81.1 Å². The molecule has 2 saturated heterocycles. The fourth-order valence-electron chi connectivity index (χ4n) is 12.1. The number of esters is 2. The lowest BCUT2D eigenvalue weighted by molar-refractivity contribution is -0.191. The standard InChI is InChI=1S/C60H77FN8O17S/c1-7-60(38-26-44-53-36(30-69(44)55(77)37(38)31-85-59(60)81)51-40(63-34(5)70)15-14-35-33(4)39(61)27-41(65-53)50(35)51)86-58(80)52(32(2)3)66-54(76)43-12-11-19-67(43)56(78)42(28-49(74)75)64-47(72)16-20-82-22-24-84-25-23-83-21-17-62-46(71)13-9-8-10-18-68-48(73)29-45(87-6)57(68)79/h26-27,32,40,42-43,45,52H,7-25,28-31H2,1-6H3,(H,62,71)(H,63,70)(H,64,72)(H,66,76)(H,74,75)/t40-,42-,43?,45?,52-,60-/m0/s1. The van der Waals surface area contributed by atoms with E-state index in [1.54, 1.807) is 33.8 Å². The second kappa shape index (κ2) is 29.1. The quantitative estimate of drug-likeness (QED) is 0.0285. The number of benzene rings is 1. The molecule has 2 aromatic heterocycles. The minimum absolute atomic E-state index is 0.0292. The molecule has 0 spiro atoms. The number of likely N-dealkylation sites (tertiary alicyclic amines) is 2. The first-order valence-corrected chi connectivity index (χ1v) is 31.0. The number of nitrogens with zero attached hydrogens (tertiary/aromatic N) is 4. The van der Waals surface area contributed by atoms with Gasteiger partial charge in [-0.25, -0.2) is 19.0 Å². The number of cyclic esters (lactones) is 1. The highest BCUT2D eigenvalue weighted by molar-refractivity contribution is 8.00. The molecule has 87 heavy (non-hydrogen) atoms. The number of carbonyl (C=O) groups excluding carboxylic acids is 9. The number of hydrogen-bond acceptors (Lipinski definition) is 18. The molecular formula is C60H77FN8O17S. The Morgan fingerprint density at radius 2 is 1.63 bits per heavy atom. The van der Waals surface area contributed by atoms with Gasteiger partial charge in [-0.2, -0.15) is 11.8 Å². The first-order valence-electron chi connectivity index (χ1n) is 29.7. The van der Waals surface area contributed by atoms with Gasteiger partial charge in [-0.15, -0.1) is 0 Å². The number of carbonyl (C=O) groups is 10. The number of carboxylic acid groups (broad SMARTS) is 1. The van der Waals surface area contributed by atoms with E-state index >= 15 is 4.39 Å². The van der Waals surface area contributed by atoms with Crippen LogP contribution in [0, 0.1) is 18.7 Å². The third-order valence-electron chi connectivity index (χ3n) is 16.6. The summed E-state index contributed by atoms with van der Waals surface area (Å²) >= 11 is 1.38. The number of aryl methyl sites for hydroxylation is 1. The van der Waals surface area contributed by atoms with Gasteiger partial charge in [0, 0.05) is 68.4 Å². The number of carboxylic acids is 1. The number of fused-ring (bicyclic) bond motifs is 5. The van der Waals surface area contributed by atoms with Gasteiger partial charge in [0.25, 0.3) is 5.56 Å². The summed E-state index contributed by atoms with van der Waals surface area (Å²) in [4.78, 5) is 153. The molecule has 0 saturated carbocycles. The zero-order valence-electron chi connectivity index (χ0n) is 49.9. The van der Waals surface area contributed by atoms with Gasteiger partial charge in [-0.1, -0.05) is 27.2 Å². The fraction of sp³-hybridized carbons (Fsp3) is 0.600. The average Bonchev–Trinajstić information content (AvgIpc) is 1.76. The molecule has 4 aliphatic heterocycles.